The molecule has 2 rings (SSSR count). The van der Waals surface area contributed by atoms with Gasteiger partial charge in [-0.3, -0.25) is 0 Å². The number of hydrogen-bond donors (Lipinski definition) is 1. The zero-order valence-corrected chi connectivity index (χ0v) is 14.1. The Kier molecular flexibility index (Phi) is 6.54. The molecule has 0 amide bonds. The highest BCUT2D eigenvalue weighted by molar-refractivity contribution is 7.99. The summed E-state index contributed by atoms with van der Waals surface area (Å²) in [6, 6.07) is 10.4. The van der Waals surface area contributed by atoms with Crippen LogP contribution >= 0.6 is 11.8 Å². The second-order valence-electron chi connectivity index (χ2n) is 5.59. The standard InChI is InChI=1S/C15H24N2O2S2/c1-21(18,19)16-12-14-6-5-9-17(13-14)10-11-20-15-7-3-2-4-8-15/h2-4,7-8,14,16H,5-6,9-13H2,1H3/t14-/m1/s1. The van der Waals surface area contributed by atoms with Crippen molar-refractivity contribution in [1.82, 2.24) is 9.62 Å². The molecule has 118 valence electrons. The van der Waals surface area contributed by atoms with E-state index >= 15 is 0 Å². The van der Waals surface area contributed by atoms with Gasteiger partial charge in [0.1, 0.15) is 0 Å². The summed E-state index contributed by atoms with van der Waals surface area (Å²) in [4.78, 5) is 3.76. The molecule has 0 saturated carbocycles. The molecule has 1 aliphatic heterocycles. The number of piperidine rings is 1. The van der Waals surface area contributed by atoms with Gasteiger partial charge in [0.2, 0.25) is 10.0 Å². The lowest BCUT2D eigenvalue weighted by molar-refractivity contribution is 0.185. The third-order valence-electron chi connectivity index (χ3n) is 3.66. The smallest absolute Gasteiger partial charge is 0.208 e. The van der Waals surface area contributed by atoms with Gasteiger partial charge >= 0.3 is 0 Å². The topological polar surface area (TPSA) is 49.4 Å². The van der Waals surface area contributed by atoms with Crippen LogP contribution in [0.3, 0.4) is 0 Å². The van der Waals surface area contributed by atoms with E-state index in [1.165, 1.54) is 11.2 Å². The third-order valence-corrected chi connectivity index (χ3v) is 5.34. The summed E-state index contributed by atoms with van der Waals surface area (Å²) in [7, 11) is -3.07. The molecule has 1 aliphatic rings. The van der Waals surface area contributed by atoms with Gasteiger partial charge in [0.15, 0.2) is 0 Å². The molecule has 1 atom stereocenters. The van der Waals surface area contributed by atoms with Crippen LogP contribution in [0.1, 0.15) is 12.8 Å². The minimum absolute atomic E-state index is 0.440. The average molecular weight is 329 g/mol. The van der Waals surface area contributed by atoms with Crippen LogP contribution in [0, 0.1) is 5.92 Å². The quantitative estimate of drug-likeness (QED) is 0.778. The number of benzene rings is 1. The van der Waals surface area contributed by atoms with Gasteiger partial charge in [-0.15, -0.1) is 11.8 Å². The molecule has 0 radical (unpaired) electrons. The van der Waals surface area contributed by atoms with Crippen molar-refractivity contribution in [1.29, 1.82) is 0 Å². The molecule has 0 bridgehead atoms. The van der Waals surface area contributed by atoms with Crippen molar-refractivity contribution >= 4 is 21.8 Å². The van der Waals surface area contributed by atoms with Crippen LogP contribution in [0.25, 0.3) is 0 Å². The fraction of sp³-hybridized carbons (Fsp3) is 0.600. The first-order valence-electron chi connectivity index (χ1n) is 7.38. The van der Waals surface area contributed by atoms with E-state index in [4.69, 9.17) is 0 Å². The van der Waals surface area contributed by atoms with Gasteiger partial charge < -0.3 is 4.90 Å². The number of sulfonamides is 1. The van der Waals surface area contributed by atoms with Crippen LogP contribution in [0.2, 0.25) is 0 Å². The predicted octanol–water partition coefficient (Wildman–Crippen LogP) is 2.04. The highest BCUT2D eigenvalue weighted by Gasteiger charge is 2.20. The summed E-state index contributed by atoms with van der Waals surface area (Å²) < 4.78 is 24.9. The number of hydrogen-bond acceptors (Lipinski definition) is 4. The number of thioether (sulfide) groups is 1. The molecule has 0 aromatic heterocycles. The fourth-order valence-electron chi connectivity index (χ4n) is 2.60. The first kappa shape index (κ1) is 16.8. The van der Waals surface area contributed by atoms with Gasteiger partial charge in [0.25, 0.3) is 0 Å². The lowest BCUT2D eigenvalue weighted by Gasteiger charge is -2.32. The van der Waals surface area contributed by atoms with Crippen LogP contribution < -0.4 is 4.72 Å². The molecule has 0 aliphatic carbocycles. The van der Waals surface area contributed by atoms with Crippen LogP contribution in [-0.2, 0) is 10.0 Å². The monoisotopic (exact) mass is 328 g/mol. The second-order valence-corrected chi connectivity index (χ2v) is 8.59. The highest BCUT2D eigenvalue weighted by atomic mass is 32.2. The van der Waals surface area contributed by atoms with Crippen molar-refractivity contribution in [3.05, 3.63) is 30.3 Å². The minimum Gasteiger partial charge on any atom is -0.302 e. The summed E-state index contributed by atoms with van der Waals surface area (Å²) in [5, 5.41) is 0. The SMILES string of the molecule is CS(=O)(=O)NC[C@H]1CCCN(CCSc2ccccc2)C1. The van der Waals surface area contributed by atoms with E-state index in [2.05, 4.69) is 33.9 Å². The number of rotatable bonds is 7. The molecule has 1 N–H and O–H groups in total. The van der Waals surface area contributed by atoms with E-state index < -0.39 is 10.0 Å². The van der Waals surface area contributed by atoms with Gasteiger partial charge in [0.05, 0.1) is 6.26 Å². The van der Waals surface area contributed by atoms with E-state index in [0.717, 1.165) is 38.2 Å². The van der Waals surface area contributed by atoms with E-state index in [1.807, 2.05) is 17.8 Å². The summed E-state index contributed by atoms with van der Waals surface area (Å²) >= 11 is 1.88. The zero-order chi connectivity index (χ0) is 15.1. The van der Waals surface area contributed by atoms with E-state index in [-0.39, 0.29) is 0 Å². The second kappa shape index (κ2) is 8.17. The summed E-state index contributed by atoms with van der Waals surface area (Å²) in [6.07, 6.45) is 3.50. The largest absolute Gasteiger partial charge is 0.302 e. The summed E-state index contributed by atoms with van der Waals surface area (Å²) in [5.74, 6) is 1.52. The van der Waals surface area contributed by atoms with Crippen LogP contribution in [0.15, 0.2) is 35.2 Å². The Morgan fingerprint density at radius 1 is 1.33 bits per heavy atom. The Hall–Kier alpha value is -0.560. The van der Waals surface area contributed by atoms with Crippen LogP contribution in [-0.4, -0.2) is 51.5 Å². The van der Waals surface area contributed by atoms with Crippen molar-refractivity contribution in [2.24, 2.45) is 5.92 Å². The van der Waals surface area contributed by atoms with Gasteiger partial charge in [-0.1, -0.05) is 18.2 Å². The van der Waals surface area contributed by atoms with Gasteiger partial charge in [0, 0.05) is 30.3 Å². The molecule has 6 heteroatoms. The van der Waals surface area contributed by atoms with Crippen molar-refractivity contribution in [3.8, 4) is 0 Å². The first-order chi connectivity index (χ1) is 10.0. The van der Waals surface area contributed by atoms with Gasteiger partial charge in [-0.05, 0) is 37.4 Å². The molecule has 21 heavy (non-hydrogen) atoms. The maximum Gasteiger partial charge on any atom is 0.208 e. The molecule has 1 saturated heterocycles. The van der Waals surface area contributed by atoms with E-state index in [1.54, 1.807) is 0 Å². The lowest BCUT2D eigenvalue weighted by Crippen LogP contribution is -2.41. The van der Waals surface area contributed by atoms with Crippen molar-refractivity contribution in [3.63, 3.8) is 0 Å². The highest BCUT2D eigenvalue weighted by Crippen LogP contribution is 2.19. The Labute approximate surface area is 132 Å². The predicted molar refractivity (Wildman–Crippen MR) is 89.2 cm³/mol. The molecule has 1 aromatic rings. The lowest BCUT2D eigenvalue weighted by atomic mass is 9.98. The van der Waals surface area contributed by atoms with Gasteiger partial charge in [-0.2, -0.15) is 0 Å². The summed E-state index contributed by atoms with van der Waals surface area (Å²) in [5.41, 5.74) is 0. The number of nitrogens with zero attached hydrogens (tertiary/aromatic N) is 1. The van der Waals surface area contributed by atoms with Crippen molar-refractivity contribution in [2.75, 3.05) is 38.2 Å². The maximum absolute atomic E-state index is 11.2. The minimum atomic E-state index is -3.07. The average Bonchev–Trinajstić information content (AvgIpc) is 2.46. The van der Waals surface area contributed by atoms with E-state index in [9.17, 15) is 8.42 Å². The number of nitrogens with one attached hydrogen (secondary N) is 1. The molecular formula is C15H24N2O2S2. The molecular weight excluding hydrogens is 304 g/mol. The molecule has 4 nitrogen and oxygen atoms in total. The van der Waals surface area contributed by atoms with Gasteiger partial charge in [-0.25, -0.2) is 13.1 Å². The third kappa shape index (κ3) is 6.82. The molecule has 1 aromatic carbocycles. The molecule has 0 unspecified atom stereocenters. The zero-order valence-electron chi connectivity index (χ0n) is 12.5. The van der Waals surface area contributed by atoms with Crippen molar-refractivity contribution < 1.29 is 8.42 Å². The summed E-state index contributed by atoms with van der Waals surface area (Å²) in [6.45, 7) is 3.76. The normalized spacial score (nSPS) is 20.5. The van der Waals surface area contributed by atoms with Crippen molar-refractivity contribution in [2.45, 2.75) is 17.7 Å². The van der Waals surface area contributed by atoms with Crippen LogP contribution in [0.4, 0.5) is 0 Å². The molecule has 1 fully saturated rings. The number of likely N-dealkylation sites (tertiary alicyclic amines) is 1. The Morgan fingerprint density at radius 3 is 2.81 bits per heavy atom. The Bertz CT molecular complexity index is 520. The molecule has 0 spiro atoms. The fourth-order valence-corrected chi connectivity index (χ4v) is 4.07. The Balaban J connectivity index is 1.69. The molecule has 1 heterocycles. The maximum atomic E-state index is 11.2. The van der Waals surface area contributed by atoms with Crippen LogP contribution in [0.5, 0.6) is 0 Å². The Morgan fingerprint density at radius 2 is 2.10 bits per heavy atom. The van der Waals surface area contributed by atoms with E-state index in [0.29, 0.717) is 12.5 Å². The first-order valence-corrected chi connectivity index (χ1v) is 10.3.